The number of aliphatic hydroxyl groups is 1. The van der Waals surface area contributed by atoms with Crippen LogP contribution in [0.4, 0.5) is 11.6 Å². The molecule has 0 saturated carbocycles. The molecule has 5 N–H and O–H groups in total. The highest BCUT2D eigenvalue weighted by atomic mass is 35.5. The molecule has 1 aromatic heterocycles. The number of hydrogen-bond donors (Lipinski definition) is 5. The van der Waals surface area contributed by atoms with Crippen LogP contribution in [0.25, 0.3) is 11.3 Å². The molecule has 0 unspecified atom stereocenters. The van der Waals surface area contributed by atoms with E-state index in [2.05, 4.69) is 25.8 Å². The second kappa shape index (κ2) is 13.3. The number of methoxy groups -OCH3 is 1. The molecule has 2 aromatic carbocycles. The van der Waals surface area contributed by atoms with Crippen LogP contribution >= 0.6 is 11.6 Å². The number of carbonyl (C=O) groups excluding carboxylic acids is 1. The number of aliphatic hydroxyl groups excluding tert-OH is 1. The van der Waals surface area contributed by atoms with Gasteiger partial charge in [-0.2, -0.15) is 0 Å². The molecule has 10 nitrogen and oxygen atoms in total. The first-order valence-corrected chi connectivity index (χ1v) is 14.5. The van der Waals surface area contributed by atoms with Crippen LogP contribution < -0.4 is 20.7 Å². The third kappa shape index (κ3) is 6.41. The smallest absolute Gasteiger partial charge is 0.251 e. The number of halogens is 1. The minimum atomic E-state index is -0.155. The van der Waals surface area contributed by atoms with Crippen molar-refractivity contribution in [3.63, 3.8) is 0 Å². The van der Waals surface area contributed by atoms with E-state index in [1.807, 2.05) is 31.3 Å². The van der Waals surface area contributed by atoms with E-state index in [1.165, 1.54) is 0 Å². The highest BCUT2D eigenvalue weighted by Gasteiger charge is 2.26. The first-order chi connectivity index (χ1) is 20.4. The minimum absolute atomic E-state index is 0.0920. The van der Waals surface area contributed by atoms with E-state index in [4.69, 9.17) is 31.8 Å². The zero-order chi connectivity index (χ0) is 29.6. The predicted molar refractivity (Wildman–Crippen MR) is 166 cm³/mol. The van der Waals surface area contributed by atoms with Crippen LogP contribution in [0, 0.1) is 5.41 Å². The maximum absolute atomic E-state index is 13.0. The van der Waals surface area contributed by atoms with Crippen molar-refractivity contribution in [3.8, 4) is 5.75 Å². The van der Waals surface area contributed by atoms with E-state index in [-0.39, 0.29) is 18.6 Å². The second-order valence-electron chi connectivity index (χ2n) is 10.4. The maximum Gasteiger partial charge on any atom is 0.251 e. The van der Waals surface area contributed by atoms with Crippen molar-refractivity contribution in [3.05, 3.63) is 76.1 Å². The van der Waals surface area contributed by atoms with Gasteiger partial charge in [0.2, 0.25) is 5.95 Å². The van der Waals surface area contributed by atoms with Gasteiger partial charge in [0.1, 0.15) is 5.75 Å². The summed E-state index contributed by atoms with van der Waals surface area (Å²) < 4.78 is 5.62. The molecule has 0 bridgehead atoms. The third-order valence-corrected chi connectivity index (χ3v) is 8.07. The quantitative estimate of drug-likeness (QED) is 0.251. The Morgan fingerprint density at radius 3 is 2.69 bits per heavy atom. The fourth-order valence-corrected chi connectivity index (χ4v) is 5.72. The number of amides is 1. The maximum atomic E-state index is 13.0. The molecule has 0 radical (unpaired) electrons. The molecule has 0 spiro atoms. The van der Waals surface area contributed by atoms with Crippen LogP contribution in [0.15, 0.2) is 48.7 Å². The molecule has 1 saturated heterocycles. The number of fused-ring (bicyclic) bond motifs is 1. The number of nitrogens with one attached hydrogen (secondary N) is 4. The number of benzene rings is 2. The van der Waals surface area contributed by atoms with E-state index >= 15 is 0 Å². The Kier molecular flexibility index (Phi) is 9.36. The molecule has 42 heavy (non-hydrogen) atoms. The largest absolute Gasteiger partial charge is 0.495 e. The molecule has 0 atom stereocenters. The summed E-state index contributed by atoms with van der Waals surface area (Å²) in [6.45, 7) is 2.51. The fraction of sp³-hybridized carbons (Fsp3) is 0.355. The van der Waals surface area contributed by atoms with Gasteiger partial charge in [0, 0.05) is 66.4 Å². The minimum Gasteiger partial charge on any atom is -0.495 e. The number of likely N-dealkylation sites (tertiary alicyclic amines) is 1. The van der Waals surface area contributed by atoms with Crippen molar-refractivity contribution < 1.29 is 14.6 Å². The van der Waals surface area contributed by atoms with E-state index in [1.54, 1.807) is 31.5 Å². The molecule has 3 aromatic rings. The summed E-state index contributed by atoms with van der Waals surface area (Å²) in [4.78, 5) is 24.6. The summed E-state index contributed by atoms with van der Waals surface area (Å²) in [5.41, 5.74) is 5.45. The second-order valence-corrected chi connectivity index (χ2v) is 10.8. The first-order valence-electron chi connectivity index (χ1n) is 14.1. The number of piperidine rings is 1. The highest BCUT2D eigenvalue weighted by Crippen LogP contribution is 2.35. The number of nitrogens with zero attached hydrogens (tertiary/aromatic N) is 3. The lowest BCUT2D eigenvalue weighted by atomic mass is 9.87. The third-order valence-electron chi connectivity index (χ3n) is 7.74. The monoisotopic (exact) mass is 589 g/mol. The molecule has 2 aliphatic rings. The van der Waals surface area contributed by atoms with Gasteiger partial charge < -0.3 is 36.1 Å². The van der Waals surface area contributed by atoms with E-state index < -0.39 is 0 Å². The standard InChI is InChI=1S/C31H36ClN7O3/c1-34-29(22-5-3-4-6-23(22)32)27-24(33)9-7-20-18-35-31(38-28(20)27)37-25-10-8-19(17-26(25)42-2)30(41)36-21-11-13-39(14-12-21)15-16-40/h3-6,8,10,17-18,21,33-34,40H,7,9,11-16H2,1-2H3,(H,36,41)(H,35,37,38)/b29-27+,33-24?. The summed E-state index contributed by atoms with van der Waals surface area (Å²) in [6.07, 6.45) is 4.73. The SMILES string of the molecule is CN/C(=C1\C(=N)CCc2cnc(Nc3ccc(C(=O)NC4CCN(CCO)CC4)cc3OC)nc21)c1ccccc1Cl. The zero-order valence-corrected chi connectivity index (χ0v) is 24.6. The van der Waals surface area contributed by atoms with Gasteiger partial charge in [0.05, 0.1) is 30.8 Å². The number of rotatable bonds is 9. The first kappa shape index (κ1) is 29.5. The van der Waals surface area contributed by atoms with Gasteiger partial charge >= 0.3 is 0 Å². The van der Waals surface area contributed by atoms with Gasteiger partial charge in [-0.3, -0.25) is 4.79 Å². The Hall–Kier alpha value is -3.99. The highest BCUT2D eigenvalue weighted by molar-refractivity contribution is 6.35. The Morgan fingerprint density at radius 2 is 1.98 bits per heavy atom. The van der Waals surface area contributed by atoms with E-state index in [9.17, 15) is 4.79 Å². The Labute approximate surface area is 250 Å². The van der Waals surface area contributed by atoms with Gasteiger partial charge in [-0.25, -0.2) is 9.97 Å². The lowest BCUT2D eigenvalue weighted by molar-refractivity contribution is 0.0903. The lowest BCUT2D eigenvalue weighted by Gasteiger charge is -2.31. The molecule has 1 aliphatic carbocycles. The molecule has 5 rings (SSSR count). The summed E-state index contributed by atoms with van der Waals surface area (Å²) in [5.74, 6) is 0.677. The Bertz CT molecular complexity index is 1500. The van der Waals surface area contributed by atoms with Gasteiger partial charge in [0.25, 0.3) is 5.91 Å². The predicted octanol–water partition coefficient (Wildman–Crippen LogP) is 4.12. The van der Waals surface area contributed by atoms with Gasteiger partial charge in [-0.1, -0.05) is 29.8 Å². The van der Waals surface area contributed by atoms with Crippen LogP contribution in [0.1, 0.15) is 46.4 Å². The number of aromatic nitrogens is 2. The molecule has 220 valence electrons. The molecular weight excluding hydrogens is 554 g/mol. The van der Waals surface area contributed by atoms with Crippen molar-refractivity contribution in [1.29, 1.82) is 5.41 Å². The topological polar surface area (TPSA) is 135 Å². The van der Waals surface area contributed by atoms with Crippen LogP contribution in [-0.4, -0.2) is 78.0 Å². The number of hydrogen-bond acceptors (Lipinski definition) is 9. The summed E-state index contributed by atoms with van der Waals surface area (Å²) in [7, 11) is 3.37. The van der Waals surface area contributed by atoms with E-state index in [0.29, 0.717) is 64.3 Å². The summed E-state index contributed by atoms with van der Waals surface area (Å²) >= 11 is 6.53. The average Bonchev–Trinajstić information content (AvgIpc) is 3.00. The van der Waals surface area contributed by atoms with Crippen LogP contribution in [0.3, 0.4) is 0 Å². The van der Waals surface area contributed by atoms with Gasteiger partial charge in [-0.05, 0) is 55.5 Å². The zero-order valence-electron chi connectivity index (χ0n) is 23.8. The van der Waals surface area contributed by atoms with Crippen molar-refractivity contribution in [1.82, 2.24) is 25.5 Å². The number of allylic oxidation sites excluding steroid dienone is 1. The molecule has 2 heterocycles. The number of β-amino-alcohol motifs (C(OH)–C–C–N with tert-alkyl or cyclic N) is 1. The summed E-state index contributed by atoms with van der Waals surface area (Å²) in [5, 5.41) is 28.1. The number of carbonyl (C=O) groups is 1. The number of aryl methyl sites for hydroxylation is 1. The Morgan fingerprint density at radius 1 is 1.19 bits per heavy atom. The molecule has 11 heteroatoms. The molecule has 1 amide bonds. The van der Waals surface area contributed by atoms with Crippen molar-refractivity contribution in [2.75, 3.05) is 45.7 Å². The van der Waals surface area contributed by atoms with Crippen molar-refractivity contribution in [2.24, 2.45) is 0 Å². The molecule has 1 fully saturated rings. The molecule has 1 aliphatic heterocycles. The van der Waals surface area contributed by atoms with Crippen molar-refractivity contribution in [2.45, 2.75) is 31.7 Å². The number of anilines is 2. The summed E-state index contributed by atoms with van der Waals surface area (Å²) in [6, 6.07) is 12.9. The number of ether oxygens (including phenoxy) is 1. The fourth-order valence-electron chi connectivity index (χ4n) is 5.49. The van der Waals surface area contributed by atoms with Crippen LogP contribution in [0.2, 0.25) is 5.02 Å². The van der Waals surface area contributed by atoms with Crippen molar-refractivity contribution >= 4 is 46.1 Å². The van der Waals surface area contributed by atoms with E-state index in [0.717, 1.165) is 42.8 Å². The van der Waals surface area contributed by atoms with Gasteiger partial charge in [-0.15, -0.1) is 0 Å². The van der Waals surface area contributed by atoms with Crippen LogP contribution in [0.5, 0.6) is 5.75 Å². The average molecular weight is 590 g/mol. The van der Waals surface area contributed by atoms with Gasteiger partial charge in [0.15, 0.2) is 0 Å². The van der Waals surface area contributed by atoms with Crippen LogP contribution in [-0.2, 0) is 6.42 Å². The Balaban J connectivity index is 1.38. The lowest BCUT2D eigenvalue weighted by Crippen LogP contribution is -2.45. The normalized spacial score (nSPS) is 16.9. The molecular formula is C31H36ClN7O3.